The number of allylic oxidation sites excluding steroid dienone is 3. The number of fused-ring (bicyclic) bond motifs is 1. The maximum absolute atomic E-state index is 9.58. The summed E-state index contributed by atoms with van der Waals surface area (Å²) in [4.78, 5) is 0. The van der Waals surface area contributed by atoms with Crippen molar-refractivity contribution in [3.05, 3.63) is 42.0 Å². The van der Waals surface area contributed by atoms with Gasteiger partial charge in [-0.05, 0) is 19.1 Å². The standard InChI is InChI=1S/C13H14O3/c1-2-3-4-5-11-7-9-6-10(14)8-12(15)13(9)16-11/h2-6,8,11,14-15H,7H2,1H3/t11-/m0/s1. The number of phenolic OH excluding ortho intramolecular Hbond substituents is 2. The number of hydrogen-bond donors (Lipinski definition) is 2. The summed E-state index contributed by atoms with van der Waals surface area (Å²) in [6.07, 6.45) is 8.29. The van der Waals surface area contributed by atoms with Crippen LogP contribution < -0.4 is 4.74 Å². The van der Waals surface area contributed by atoms with Crippen molar-refractivity contribution in [2.75, 3.05) is 0 Å². The second-order valence-electron chi connectivity index (χ2n) is 3.72. The summed E-state index contributed by atoms with van der Waals surface area (Å²) in [6, 6.07) is 2.91. The molecule has 1 aliphatic rings. The lowest BCUT2D eigenvalue weighted by atomic mass is 10.1. The largest absolute Gasteiger partial charge is 0.508 e. The van der Waals surface area contributed by atoms with E-state index >= 15 is 0 Å². The van der Waals surface area contributed by atoms with Gasteiger partial charge in [-0.1, -0.05) is 18.2 Å². The summed E-state index contributed by atoms with van der Waals surface area (Å²) < 4.78 is 5.56. The van der Waals surface area contributed by atoms with Gasteiger partial charge in [0, 0.05) is 18.1 Å². The zero-order valence-corrected chi connectivity index (χ0v) is 9.05. The van der Waals surface area contributed by atoms with Gasteiger partial charge in [0.2, 0.25) is 0 Å². The van der Waals surface area contributed by atoms with Gasteiger partial charge >= 0.3 is 0 Å². The Labute approximate surface area is 94.3 Å². The number of phenols is 2. The molecule has 3 heteroatoms. The van der Waals surface area contributed by atoms with Gasteiger partial charge in [0.25, 0.3) is 0 Å². The number of benzene rings is 1. The highest BCUT2D eigenvalue weighted by atomic mass is 16.5. The zero-order chi connectivity index (χ0) is 11.5. The summed E-state index contributed by atoms with van der Waals surface area (Å²) in [5.74, 6) is 0.544. The molecule has 1 aromatic rings. The van der Waals surface area contributed by atoms with Gasteiger partial charge in [-0.2, -0.15) is 0 Å². The van der Waals surface area contributed by atoms with Gasteiger partial charge in [-0.25, -0.2) is 0 Å². The predicted octanol–water partition coefficient (Wildman–Crippen LogP) is 2.53. The van der Waals surface area contributed by atoms with E-state index in [1.807, 2.05) is 31.2 Å². The molecule has 0 radical (unpaired) electrons. The smallest absolute Gasteiger partial charge is 0.165 e. The third-order valence-corrected chi connectivity index (χ3v) is 2.45. The Morgan fingerprint density at radius 3 is 2.88 bits per heavy atom. The molecule has 1 heterocycles. The van der Waals surface area contributed by atoms with Gasteiger partial charge in [0.1, 0.15) is 11.9 Å². The first kappa shape index (κ1) is 10.6. The minimum absolute atomic E-state index is 0.00284. The topological polar surface area (TPSA) is 49.7 Å². The van der Waals surface area contributed by atoms with Crippen LogP contribution in [0.3, 0.4) is 0 Å². The summed E-state index contributed by atoms with van der Waals surface area (Å²) >= 11 is 0. The molecule has 16 heavy (non-hydrogen) atoms. The van der Waals surface area contributed by atoms with E-state index in [1.165, 1.54) is 6.07 Å². The molecule has 0 aromatic heterocycles. The first-order valence-electron chi connectivity index (χ1n) is 5.21. The SMILES string of the molecule is CC=CC=C[C@H]1Cc2cc(O)cc(O)c2O1. The molecule has 2 N–H and O–H groups in total. The summed E-state index contributed by atoms with van der Waals surface area (Å²) in [5, 5.41) is 18.9. The molecule has 2 rings (SSSR count). The molecule has 0 amide bonds. The van der Waals surface area contributed by atoms with Crippen LogP contribution in [-0.2, 0) is 6.42 Å². The van der Waals surface area contributed by atoms with Crippen LogP contribution in [0.5, 0.6) is 17.2 Å². The highest BCUT2D eigenvalue weighted by Gasteiger charge is 2.24. The molecular weight excluding hydrogens is 204 g/mol. The maximum Gasteiger partial charge on any atom is 0.165 e. The van der Waals surface area contributed by atoms with Gasteiger partial charge in [0.05, 0.1) is 0 Å². The number of rotatable bonds is 2. The van der Waals surface area contributed by atoms with Crippen molar-refractivity contribution in [3.63, 3.8) is 0 Å². The average Bonchev–Trinajstić information content (AvgIpc) is 2.61. The monoisotopic (exact) mass is 218 g/mol. The van der Waals surface area contributed by atoms with E-state index in [0.29, 0.717) is 12.2 Å². The number of hydrogen-bond acceptors (Lipinski definition) is 3. The number of ether oxygens (including phenoxy) is 1. The molecule has 1 atom stereocenters. The minimum Gasteiger partial charge on any atom is -0.508 e. The van der Waals surface area contributed by atoms with Crippen LogP contribution in [0.4, 0.5) is 0 Å². The van der Waals surface area contributed by atoms with E-state index in [0.717, 1.165) is 5.56 Å². The van der Waals surface area contributed by atoms with Crippen LogP contribution in [0.1, 0.15) is 12.5 Å². The van der Waals surface area contributed by atoms with E-state index in [9.17, 15) is 10.2 Å². The number of aromatic hydroxyl groups is 2. The summed E-state index contributed by atoms with van der Waals surface area (Å²) in [6.45, 7) is 1.94. The molecule has 1 aliphatic heterocycles. The first-order chi connectivity index (χ1) is 7.70. The summed E-state index contributed by atoms with van der Waals surface area (Å²) in [7, 11) is 0. The van der Waals surface area contributed by atoms with E-state index in [-0.39, 0.29) is 17.6 Å². The Bertz CT molecular complexity index is 447. The molecule has 0 bridgehead atoms. The zero-order valence-electron chi connectivity index (χ0n) is 9.05. The van der Waals surface area contributed by atoms with Gasteiger partial charge in [-0.3, -0.25) is 0 Å². The van der Waals surface area contributed by atoms with E-state index < -0.39 is 0 Å². The van der Waals surface area contributed by atoms with Crippen molar-refractivity contribution < 1.29 is 14.9 Å². The average molecular weight is 218 g/mol. The molecular formula is C13H14O3. The summed E-state index contributed by atoms with van der Waals surface area (Å²) in [5.41, 5.74) is 0.840. The van der Waals surface area contributed by atoms with Crippen LogP contribution in [-0.4, -0.2) is 16.3 Å². The van der Waals surface area contributed by atoms with Crippen molar-refractivity contribution in [1.29, 1.82) is 0 Å². The van der Waals surface area contributed by atoms with Crippen LogP contribution in [0.2, 0.25) is 0 Å². The minimum atomic E-state index is -0.0705. The van der Waals surface area contributed by atoms with Crippen molar-refractivity contribution in [2.45, 2.75) is 19.4 Å². The van der Waals surface area contributed by atoms with Gasteiger partial charge in [-0.15, -0.1) is 0 Å². The second kappa shape index (κ2) is 4.31. The van der Waals surface area contributed by atoms with Crippen molar-refractivity contribution >= 4 is 0 Å². The van der Waals surface area contributed by atoms with Crippen LogP contribution in [0.15, 0.2) is 36.4 Å². The molecule has 0 unspecified atom stereocenters. The van der Waals surface area contributed by atoms with E-state index in [2.05, 4.69) is 0 Å². The Morgan fingerprint density at radius 2 is 2.12 bits per heavy atom. The van der Waals surface area contributed by atoms with Crippen molar-refractivity contribution in [1.82, 2.24) is 0 Å². The highest BCUT2D eigenvalue weighted by Crippen LogP contribution is 2.40. The molecule has 0 spiro atoms. The molecule has 0 saturated carbocycles. The van der Waals surface area contributed by atoms with Crippen molar-refractivity contribution in [2.24, 2.45) is 0 Å². The van der Waals surface area contributed by atoms with E-state index in [1.54, 1.807) is 6.07 Å². The van der Waals surface area contributed by atoms with Crippen molar-refractivity contribution in [3.8, 4) is 17.2 Å². The third kappa shape index (κ3) is 2.03. The maximum atomic E-state index is 9.58. The Morgan fingerprint density at radius 1 is 1.31 bits per heavy atom. The quantitative estimate of drug-likeness (QED) is 0.750. The molecule has 84 valence electrons. The predicted molar refractivity (Wildman–Crippen MR) is 61.8 cm³/mol. The van der Waals surface area contributed by atoms with Gasteiger partial charge in [0.15, 0.2) is 11.5 Å². The van der Waals surface area contributed by atoms with Crippen LogP contribution >= 0.6 is 0 Å². The normalized spacial score (nSPS) is 19.2. The molecule has 0 aliphatic carbocycles. The fourth-order valence-electron chi connectivity index (χ4n) is 1.76. The fraction of sp³-hybridized carbons (Fsp3) is 0.231. The molecule has 1 aromatic carbocycles. The molecule has 0 saturated heterocycles. The first-order valence-corrected chi connectivity index (χ1v) is 5.21. The lowest BCUT2D eigenvalue weighted by molar-refractivity contribution is 0.271. The highest BCUT2D eigenvalue weighted by molar-refractivity contribution is 5.53. The lowest BCUT2D eigenvalue weighted by Gasteiger charge is -2.05. The van der Waals surface area contributed by atoms with E-state index in [4.69, 9.17) is 4.74 Å². The lowest BCUT2D eigenvalue weighted by Crippen LogP contribution is -2.08. The van der Waals surface area contributed by atoms with Crippen LogP contribution in [0.25, 0.3) is 0 Å². The molecule has 0 fully saturated rings. The van der Waals surface area contributed by atoms with Crippen LogP contribution in [0, 0.1) is 0 Å². The fourth-order valence-corrected chi connectivity index (χ4v) is 1.76. The van der Waals surface area contributed by atoms with Gasteiger partial charge < -0.3 is 14.9 Å². The Balaban J connectivity index is 2.18. The Kier molecular flexibility index (Phi) is 2.86. The molecule has 3 nitrogen and oxygen atoms in total. The Hall–Kier alpha value is -1.90. The third-order valence-electron chi connectivity index (χ3n) is 2.45. The second-order valence-corrected chi connectivity index (χ2v) is 3.72.